The Hall–Kier alpha value is -1.66. The predicted octanol–water partition coefficient (Wildman–Crippen LogP) is 3.77. The molecule has 26 heavy (non-hydrogen) atoms. The van der Waals surface area contributed by atoms with Gasteiger partial charge in [0, 0.05) is 44.6 Å². The number of nitrogens with zero attached hydrogens (tertiary/aromatic N) is 3. The number of pyridine rings is 1. The van der Waals surface area contributed by atoms with Crippen molar-refractivity contribution in [3.8, 4) is 0 Å². The predicted molar refractivity (Wildman–Crippen MR) is 107 cm³/mol. The molecule has 3 aromatic rings. The fourth-order valence-corrected chi connectivity index (χ4v) is 3.42. The quantitative estimate of drug-likeness (QED) is 0.731. The van der Waals surface area contributed by atoms with Crippen LogP contribution in [0.1, 0.15) is 22.9 Å². The maximum atomic E-state index is 13.6. The molecule has 7 heteroatoms. The first-order chi connectivity index (χ1) is 11.7. The summed E-state index contributed by atoms with van der Waals surface area (Å²) in [5, 5.41) is 3.41. The lowest BCUT2D eigenvalue weighted by molar-refractivity contribution is 0.152. The van der Waals surface area contributed by atoms with Gasteiger partial charge in [-0.1, -0.05) is 18.2 Å². The zero-order valence-corrected chi connectivity index (χ0v) is 16.2. The van der Waals surface area contributed by atoms with E-state index in [1.807, 2.05) is 12.1 Å². The van der Waals surface area contributed by atoms with Crippen molar-refractivity contribution in [1.29, 1.82) is 0 Å². The molecule has 1 fully saturated rings. The molecule has 0 radical (unpaired) electrons. The van der Waals surface area contributed by atoms with Crippen molar-refractivity contribution in [2.75, 3.05) is 19.6 Å². The van der Waals surface area contributed by atoms with Crippen LogP contribution in [0.25, 0.3) is 5.65 Å². The molecule has 0 spiro atoms. The van der Waals surface area contributed by atoms with Crippen LogP contribution in [-0.2, 0) is 6.54 Å². The molecule has 0 aliphatic carbocycles. The van der Waals surface area contributed by atoms with E-state index in [9.17, 15) is 4.39 Å². The van der Waals surface area contributed by atoms with Gasteiger partial charge in [0.15, 0.2) is 0 Å². The Bertz CT molecular complexity index is 868. The van der Waals surface area contributed by atoms with Crippen LogP contribution in [0.3, 0.4) is 0 Å². The third-order valence-electron chi connectivity index (χ3n) is 4.60. The molecule has 1 atom stereocenters. The Morgan fingerprint density at radius 2 is 2.04 bits per heavy atom. The van der Waals surface area contributed by atoms with Crippen molar-refractivity contribution in [1.82, 2.24) is 19.6 Å². The first-order valence-corrected chi connectivity index (χ1v) is 8.33. The zero-order valence-electron chi connectivity index (χ0n) is 14.6. The number of hydrogen-bond donors (Lipinski definition) is 1. The van der Waals surface area contributed by atoms with Gasteiger partial charge >= 0.3 is 0 Å². The van der Waals surface area contributed by atoms with Gasteiger partial charge in [-0.15, -0.1) is 24.8 Å². The van der Waals surface area contributed by atoms with Crippen LogP contribution in [0.5, 0.6) is 0 Å². The van der Waals surface area contributed by atoms with Crippen molar-refractivity contribution in [3.05, 3.63) is 71.4 Å². The molecule has 4 nitrogen and oxygen atoms in total. The van der Waals surface area contributed by atoms with Crippen LogP contribution >= 0.6 is 24.8 Å². The Balaban J connectivity index is 0.00000121. The number of halogens is 3. The smallest absolute Gasteiger partial charge is 0.137 e. The van der Waals surface area contributed by atoms with Crippen LogP contribution in [0.2, 0.25) is 0 Å². The summed E-state index contributed by atoms with van der Waals surface area (Å²) in [6, 6.07) is 11.2. The van der Waals surface area contributed by atoms with Gasteiger partial charge in [0.25, 0.3) is 0 Å². The SMILES string of the molecule is Cc1ccc2nc(CN3CCNCC3c3cccc(F)c3)cn2c1.Cl.Cl. The van der Waals surface area contributed by atoms with Gasteiger partial charge in [0.05, 0.1) is 5.69 Å². The summed E-state index contributed by atoms with van der Waals surface area (Å²) in [5.41, 5.74) is 4.24. The first-order valence-electron chi connectivity index (χ1n) is 8.33. The van der Waals surface area contributed by atoms with Crippen molar-refractivity contribution in [2.24, 2.45) is 0 Å². The molecule has 1 aliphatic rings. The molecule has 140 valence electrons. The minimum absolute atomic E-state index is 0. The molecular weight excluding hydrogens is 374 g/mol. The Morgan fingerprint density at radius 3 is 2.85 bits per heavy atom. The number of fused-ring (bicyclic) bond motifs is 1. The molecule has 1 saturated heterocycles. The van der Waals surface area contributed by atoms with Gasteiger partial charge in [-0.25, -0.2) is 9.37 Å². The normalized spacial score (nSPS) is 17.5. The summed E-state index contributed by atoms with van der Waals surface area (Å²) in [7, 11) is 0. The molecule has 2 aromatic heterocycles. The molecule has 3 heterocycles. The summed E-state index contributed by atoms with van der Waals surface area (Å²) in [5.74, 6) is -0.179. The van der Waals surface area contributed by atoms with E-state index in [0.717, 1.165) is 43.1 Å². The van der Waals surface area contributed by atoms with Gasteiger partial charge in [0.2, 0.25) is 0 Å². The van der Waals surface area contributed by atoms with Crippen molar-refractivity contribution in [3.63, 3.8) is 0 Å². The lowest BCUT2D eigenvalue weighted by atomic mass is 10.0. The average molecular weight is 397 g/mol. The molecule has 0 bridgehead atoms. The molecule has 1 N–H and O–H groups in total. The third-order valence-corrected chi connectivity index (χ3v) is 4.60. The number of benzene rings is 1. The maximum absolute atomic E-state index is 13.6. The second-order valence-electron chi connectivity index (χ2n) is 6.45. The van der Waals surface area contributed by atoms with Crippen molar-refractivity contribution in [2.45, 2.75) is 19.5 Å². The van der Waals surface area contributed by atoms with E-state index in [0.29, 0.717) is 0 Å². The number of nitrogens with one attached hydrogen (secondary N) is 1. The maximum Gasteiger partial charge on any atom is 0.137 e. The van der Waals surface area contributed by atoms with Crippen LogP contribution in [0.15, 0.2) is 48.8 Å². The number of rotatable bonds is 3. The lowest BCUT2D eigenvalue weighted by Gasteiger charge is -2.36. The molecule has 1 aromatic carbocycles. The highest BCUT2D eigenvalue weighted by Gasteiger charge is 2.24. The Kier molecular flexibility index (Phi) is 7.01. The van der Waals surface area contributed by atoms with Gasteiger partial charge in [-0.05, 0) is 36.2 Å². The number of aryl methyl sites for hydroxylation is 1. The standard InChI is InChI=1S/C19H21FN4.2ClH/c1-14-5-6-19-22-17(13-24(19)11-14)12-23-8-7-21-10-18(23)15-3-2-4-16(20)9-15;;/h2-6,9,11,13,18,21H,7-8,10,12H2,1H3;2*1H. The molecule has 1 aliphatic heterocycles. The summed E-state index contributed by atoms with van der Waals surface area (Å²) < 4.78 is 15.7. The van der Waals surface area contributed by atoms with Gasteiger partial charge < -0.3 is 9.72 Å². The van der Waals surface area contributed by atoms with E-state index < -0.39 is 0 Å². The fraction of sp³-hybridized carbons (Fsp3) is 0.316. The van der Waals surface area contributed by atoms with E-state index in [1.54, 1.807) is 12.1 Å². The Labute approximate surface area is 165 Å². The van der Waals surface area contributed by atoms with E-state index in [4.69, 9.17) is 4.98 Å². The second kappa shape index (κ2) is 8.82. The number of aromatic nitrogens is 2. The molecule has 4 rings (SSSR count). The number of hydrogen-bond acceptors (Lipinski definition) is 3. The minimum atomic E-state index is -0.179. The van der Waals surface area contributed by atoms with Crippen molar-refractivity contribution < 1.29 is 4.39 Å². The number of piperazine rings is 1. The van der Waals surface area contributed by atoms with Gasteiger partial charge in [-0.2, -0.15) is 0 Å². The molecule has 0 saturated carbocycles. The minimum Gasteiger partial charge on any atom is -0.314 e. The van der Waals surface area contributed by atoms with Crippen LogP contribution in [-0.4, -0.2) is 33.9 Å². The van der Waals surface area contributed by atoms with E-state index in [2.05, 4.69) is 40.0 Å². The van der Waals surface area contributed by atoms with E-state index >= 15 is 0 Å². The summed E-state index contributed by atoms with van der Waals surface area (Å²) in [6.45, 7) is 5.54. The third kappa shape index (κ3) is 4.35. The highest BCUT2D eigenvalue weighted by Crippen LogP contribution is 2.24. The topological polar surface area (TPSA) is 32.6 Å². The fourth-order valence-electron chi connectivity index (χ4n) is 3.42. The van der Waals surface area contributed by atoms with Gasteiger partial charge in [-0.3, -0.25) is 4.90 Å². The molecule has 0 amide bonds. The second-order valence-corrected chi connectivity index (χ2v) is 6.45. The van der Waals surface area contributed by atoms with E-state index in [-0.39, 0.29) is 36.7 Å². The highest BCUT2D eigenvalue weighted by molar-refractivity contribution is 5.85. The number of imidazole rings is 1. The lowest BCUT2D eigenvalue weighted by Crippen LogP contribution is -2.45. The van der Waals surface area contributed by atoms with Gasteiger partial charge in [0.1, 0.15) is 11.5 Å². The van der Waals surface area contributed by atoms with Crippen molar-refractivity contribution >= 4 is 30.5 Å². The van der Waals surface area contributed by atoms with Crippen LogP contribution < -0.4 is 5.32 Å². The summed E-state index contributed by atoms with van der Waals surface area (Å²) in [4.78, 5) is 7.10. The largest absolute Gasteiger partial charge is 0.314 e. The zero-order chi connectivity index (χ0) is 16.5. The molecular formula is C19H23Cl2FN4. The average Bonchev–Trinajstić information content (AvgIpc) is 2.96. The van der Waals surface area contributed by atoms with E-state index in [1.165, 1.54) is 11.6 Å². The highest BCUT2D eigenvalue weighted by atomic mass is 35.5. The summed E-state index contributed by atoms with van der Waals surface area (Å²) >= 11 is 0. The monoisotopic (exact) mass is 396 g/mol. The summed E-state index contributed by atoms with van der Waals surface area (Å²) in [6.07, 6.45) is 4.18. The first kappa shape index (κ1) is 20.6. The van der Waals surface area contributed by atoms with Crippen LogP contribution in [0, 0.1) is 12.7 Å². The molecule has 1 unspecified atom stereocenters. The Morgan fingerprint density at radius 1 is 1.19 bits per heavy atom. The van der Waals surface area contributed by atoms with Crippen LogP contribution in [0.4, 0.5) is 4.39 Å².